The highest BCUT2D eigenvalue weighted by Gasteiger charge is 2.20. The largest absolute Gasteiger partial charge is 0.339 e. The summed E-state index contributed by atoms with van der Waals surface area (Å²) in [5, 5.41) is 0. The number of hydrogen-bond acceptors (Lipinski definition) is 3. The number of unbranched alkanes of at least 4 members (excludes halogenated alkanes) is 6. The third kappa shape index (κ3) is 11.7. The Hall–Kier alpha value is -0.570. The zero-order valence-electron chi connectivity index (χ0n) is 11.9. The van der Waals surface area contributed by atoms with Gasteiger partial charge in [-0.1, -0.05) is 51.9 Å². The molecule has 0 aromatic carbocycles. The number of hydrogen-bond donors (Lipinski definition) is 0. The third-order valence-corrected chi connectivity index (χ3v) is 2.77. The van der Waals surface area contributed by atoms with Crippen molar-refractivity contribution in [1.29, 1.82) is 0 Å². The van der Waals surface area contributed by atoms with E-state index in [0.717, 1.165) is 12.8 Å². The zero-order valence-corrected chi connectivity index (χ0v) is 11.9. The van der Waals surface area contributed by atoms with Crippen LogP contribution in [0.4, 0.5) is 0 Å². The Morgan fingerprint density at radius 2 is 1.53 bits per heavy atom. The van der Waals surface area contributed by atoms with Gasteiger partial charge >= 0.3 is 5.97 Å². The van der Waals surface area contributed by atoms with Crippen LogP contribution < -0.4 is 0 Å². The van der Waals surface area contributed by atoms with Gasteiger partial charge in [-0.15, -0.1) is 0 Å². The van der Waals surface area contributed by atoms with Crippen LogP contribution in [0.15, 0.2) is 0 Å². The van der Waals surface area contributed by atoms with Gasteiger partial charge in [-0.25, -0.2) is 4.79 Å². The van der Waals surface area contributed by atoms with E-state index in [0.29, 0.717) is 0 Å². The molecule has 0 N–H and O–H groups in total. The average Bonchev–Trinajstić information content (AvgIpc) is 2.25. The molecule has 0 atom stereocenters. The number of rotatable bonds is 10. The molecule has 0 aliphatic heterocycles. The standard InChI is InChI=1S/C14H28O3/c1-5-6-7-8-9-10-11-12-14(3,4)17-16-13(2)15/h5-12H2,1-4H3. The van der Waals surface area contributed by atoms with E-state index >= 15 is 0 Å². The SMILES string of the molecule is CCCCCCCCCC(C)(C)OOC(C)=O. The summed E-state index contributed by atoms with van der Waals surface area (Å²) >= 11 is 0. The monoisotopic (exact) mass is 244 g/mol. The van der Waals surface area contributed by atoms with Gasteiger partial charge in [0.15, 0.2) is 0 Å². The van der Waals surface area contributed by atoms with Crippen LogP contribution in [0.2, 0.25) is 0 Å². The molecule has 0 saturated heterocycles. The topological polar surface area (TPSA) is 35.5 Å². The molecule has 0 aromatic rings. The van der Waals surface area contributed by atoms with Gasteiger partial charge in [-0.3, -0.25) is 4.89 Å². The lowest BCUT2D eigenvalue weighted by Crippen LogP contribution is -2.25. The lowest BCUT2D eigenvalue weighted by Gasteiger charge is -2.22. The molecular weight excluding hydrogens is 216 g/mol. The Morgan fingerprint density at radius 3 is 2.06 bits per heavy atom. The van der Waals surface area contributed by atoms with Gasteiger partial charge in [0, 0.05) is 6.92 Å². The van der Waals surface area contributed by atoms with Crippen LogP contribution >= 0.6 is 0 Å². The summed E-state index contributed by atoms with van der Waals surface area (Å²) in [5.41, 5.74) is -0.366. The van der Waals surface area contributed by atoms with Gasteiger partial charge in [0.25, 0.3) is 0 Å². The zero-order chi connectivity index (χ0) is 13.1. The molecule has 0 aromatic heterocycles. The Balaban J connectivity index is 3.42. The van der Waals surface area contributed by atoms with Gasteiger partial charge in [-0.05, 0) is 20.3 Å². The molecule has 0 fully saturated rings. The quantitative estimate of drug-likeness (QED) is 0.324. The van der Waals surface area contributed by atoms with Crippen LogP contribution in [-0.2, 0) is 14.6 Å². The highest BCUT2D eigenvalue weighted by Crippen LogP contribution is 2.19. The maximum absolute atomic E-state index is 10.6. The molecule has 0 aliphatic rings. The molecule has 102 valence electrons. The normalized spacial score (nSPS) is 11.5. The first-order chi connectivity index (χ1) is 7.98. The van der Waals surface area contributed by atoms with E-state index in [1.165, 1.54) is 45.4 Å². The Kier molecular flexibility index (Phi) is 9.14. The van der Waals surface area contributed by atoms with Crippen molar-refractivity contribution in [2.75, 3.05) is 0 Å². The van der Waals surface area contributed by atoms with Gasteiger partial charge in [0.05, 0.1) is 0 Å². The van der Waals surface area contributed by atoms with Crippen molar-refractivity contribution >= 4 is 5.97 Å². The summed E-state index contributed by atoms with van der Waals surface area (Å²) in [4.78, 5) is 20.3. The van der Waals surface area contributed by atoms with Crippen molar-refractivity contribution < 1.29 is 14.6 Å². The number of carbonyl (C=O) groups is 1. The fourth-order valence-corrected chi connectivity index (χ4v) is 1.72. The van der Waals surface area contributed by atoms with E-state index in [4.69, 9.17) is 4.89 Å². The molecule has 0 unspecified atom stereocenters. The Bertz CT molecular complexity index is 200. The maximum Gasteiger partial charge on any atom is 0.339 e. The maximum atomic E-state index is 10.6. The second-order valence-corrected chi connectivity index (χ2v) is 5.29. The second-order valence-electron chi connectivity index (χ2n) is 5.29. The lowest BCUT2D eigenvalue weighted by atomic mass is 9.99. The first-order valence-electron chi connectivity index (χ1n) is 6.84. The molecule has 3 nitrogen and oxygen atoms in total. The van der Waals surface area contributed by atoms with E-state index in [-0.39, 0.29) is 5.60 Å². The first-order valence-corrected chi connectivity index (χ1v) is 6.84. The highest BCUT2D eigenvalue weighted by molar-refractivity contribution is 5.65. The average molecular weight is 244 g/mol. The molecule has 0 amide bonds. The van der Waals surface area contributed by atoms with Crippen LogP contribution in [0, 0.1) is 0 Å². The molecule has 0 rings (SSSR count). The highest BCUT2D eigenvalue weighted by atomic mass is 17.2. The van der Waals surface area contributed by atoms with Crippen molar-refractivity contribution in [2.45, 2.75) is 84.7 Å². The minimum atomic E-state index is -0.391. The van der Waals surface area contributed by atoms with Crippen LogP contribution in [-0.4, -0.2) is 11.6 Å². The summed E-state index contributed by atoms with van der Waals surface area (Å²) in [7, 11) is 0. The van der Waals surface area contributed by atoms with Gasteiger partial charge in [0.1, 0.15) is 5.60 Å². The van der Waals surface area contributed by atoms with Crippen LogP contribution in [0.5, 0.6) is 0 Å². The minimum Gasteiger partial charge on any atom is -0.298 e. The summed E-state index contributed by atoms with van der Waals surface area (Å²) < 4.78 is 0. The molecule has 0 aliphatic carbocycles. The summed E-state index contributed by atoms with van der Waals surface area (Å²) in [6.45, 7) is 7.48. The smallest absolute Gasteiger partial charge is 0.298 e. The van der Waals surface area contributed by atoms with Crippen molar-refractivity contribution in [1.82, 2.24) is 0 Å². The van der Waals surface area contributed by atoms with E-state index in [2.05, 4.69) is 11.8 Å². The van der Waals surface area contributed by atoms with E-state index in [1.54, 1.807) is 0 Å². The molecular formula is C14H28O3. The second kappa shape index (κ2) is 9.46. The van der Waals surface area contributed by atoms with Gasteiger partial charge in [-0.2, -0.15) is 4.89 Å². The molecule has 0 radical (unpaired) electrons. The van der Waals surface area contributed by atoms with Crippen molar-refractivity contribution in [3.8, 4) is 0 Å². The summed E-state index contributed by atoms with van der Waals surface area (Å²) in [5.74, 6) is -0.391. The number of carbonyl (C=O) groups excluding carboxylic acids is 1. The molecule has 0 bridgehead atoms. The molecule has 0 spiro atoms. The van der Waals surface area contributed by atoms with Crippen LogP contribution in [0.1, 0.15) is 79.1 Å². The van der Waals surface area contributed by atoms with E-state index in [1.807, 2.05) is 13.8 Å². The fourth-order valence-electron chi connectivity index (χ4n) is 1.72. The molecule has 0 saturated carbocycles. The van der Waals surface area contributed by atoms with E-state index < -0.39 is 5.97 Å². The van der Waals surface area contributed by atoms with E-state index in [9.17, 15) is 4.79 Å². The summed E-state index contributed by atoms with van der Waals surface area (Å²) in [6, 6.07) is 0. The molecule has 3 heteroatoms. The van der Waals surface area contributed by atoms with Crippen LogP contribution in [0.25, 0.3) is 0 Å². The Morgan fingerprint density at radius 1 is 1.00 bits per heavy atom. The van der Waals surface area contributed by atoms with Crippen molar-refractivity contribution in [3.63, 3.8) is 0 Å². The molecule has 0 heterocycles. The predicted octanol–water partition coefficient (Wildman–Crippen LogP) is 4.40. The third-order valence-electron chi connectivity index (χ3n) is 2.77. The Labute approximate surface area is 106 Å². The summed E-state index contributed by atoms with van der Waals surface area (Å²) in [6.07, 6.45) is 9.90. The fraction of sp³-hybridized carbons (Fsp3) is 0.929. The van der Waals surface area contributed by atoms with Crippen molar-refractivity contribution in [3.05, 3.63) is 0 Å². The lowest BCUT2D eigenvalue weighted by molar-refractivity contribution is -0.324. The van der Waals surface area contributed by atoms with Gasteiger partial charge < -0.3 is 0 Å². The predicted molar refractivity (Wildman–Crippen MR) is 69.5 cm³/mol. The first kappa shape index (κ1) is 16.4. The molecule has 17 heavy (non-hydrogen) atoms. The van der Waals surface area contributed by atoms with Gasteiger partial charge in [0.2, 0.25) is 0 Å². The van der Waals surface area contributed by atoms with Crippen LogP contribution in [0.3, 0.4) is 0 Å². The minimum absolute atomic E-state index is 0.366. The van der Waals surface area contributed by atoms with Crippen molar-refractivity contribution in [2.24, 2.45) is 0 Å².